The highest BCUT2D eigenvalue weighted by molar-refractivity contribution is 8.00. The Morgan fingerprint density at radius 2 is 1.44 bits per heavy atom. The standard InChI is InChI=1S/C40H35N3O6S/c1-3-49-35-17-11-10-16-29(35)24-34(43-37(44)28-14-8-5-9-15-28)38(45)41-31-20-22-32(23-21-31)50-36(27-12-6-4-7-13-27)39(46)42-33-25-30(40(47)48)19-18-26(33)2/h4-25,36H,3H2,1-2H3,(H,41,45)(H,42,46)(H,43,44)(H,47,48)/b34-24-. The summed E-state index contributed by atoms with van der Waals surface area (Å²) in [7, 11) is 0. The minimum atomic E-state index is -1.09. The normalized spacial score (nSPS) is 11.6. The van der Waals surface area contributed by atoms with Gasteiger partial charge in [-0.15, -0.1) is 11.8 Å². The highest BCUT2D eigenvalue weighted by atomic mass is 32.2. The lowest BCUT2D eigenvalue weighted by Gasteiger charge is -2.18. The average molecular weight is 686 g/mol. The molecule has 0 saturated heterocycles. The molecule has 5 rings (SSSR count). The highest BCUT2D eigenvalue weighted by Gasteiger charge is 2.23. The molecule has 0 aliphatic carbocycles. The smallest absolute Gasteiger partial charge is 0.335 e. The molecule has 50 heavy (non-hydrogen) atoms. The zero-order valence-corrected chi connectivity index (χ0v) is 28.2. The Balaban J connectivity index is 1.36. The number of ether oxygens (including phenoxy) is 1. The van der Waals surface area contributed by atoms with Crippen molar-refractivity contribution in [3.63, 3.8) is 0 Å². The fraction of sp³-hybridized carbons (Fsp3) is 0.100. The third kappa shape index (κ3) is 9.27. The first-order chi connectivity index (χ1) is 24.2. The summed E-state index contributed by atoms with van der Waals surface area (Å²) in [6.45, 7) is 4.09. The van der Waals surface area contributed by atoms with Gasteiger partial charge >= 0.3 is 5.97 Å². The Kier molecular flexibility index (Phi) is 11.8. The molecule has 5 aromatic carbocycles. The van der Waals surface area contributed by atoms with E-state index in [0.717, 1.165) is 16.0 Å². The number of nitrogens with one attached hydrogen (secondary N) is 3. The largest absolute Gasteiger partial charge is 0.493 e. The van der Waals surface area contributed by atoms with Crippen LogP contribution in [0.4, 0.5) is 11.4 Å². The number of thioether (sulfide) groups is 1. The molecule has 252 valence electrons. The van der Waals surface area contributed by atoms with Crippen molar-refractivity contribution in [2.24, 2.45) is 0 Å². The summed E-state index contributed by atoms with van der Waals surface area (Å²) < 4.78 is 5.73. The molecule has 0 radical (unpaired) electrons. The number of hydrogen-bond donors (Lipinski definition) is 4. The fourth-order valence-electron chi connectivity index (χ4n) is 4.92. The van der Waals surface area contributed by atoms with Gasteiger partial charge in [-0.2, -0.15) is 0 Å². The summed E-state index contributed by atoms with van der Waals surface area (Å²) in [5.41, 5.74) is 3.49. The first kappa shape index (κ1) is 35.2. The number of aryl methyl sites for hydroxylation is 1. The van der Waals surface area contributed by atoms with Gasteiger partial charge in [-0.1, -0.05) is 72.8 Å². The quantitative estimate of drug-likeness (QED) is 0.0730. The Bertz CT molecular complexity index is 2010. The van der Waals surface area contributed by atoms with E-state index in [9.17, 15) is 24.3 Å². The number of hydrogen-bond acceptors (Lipinski definition) is 6. The Morgan fingerprint density at radius 1 is 0.780 bits per heavy atom. The van der Waals surface area contributed by atoms with Gasteiger partial charge in [0.05, 0.1) is 12.2 Å². The molecule has 0 heterocycles. The summed E-state index contributed by atoms with van der Waals surface area (Å²) in [6, 6.07) is 36.7. The summed E-state index contributed by atoms with van der Waals surface area (Å²) in [4.78, 5) is 52.7. The molecule has 9 nitrogen and oxygen atoms in total. The van der Waals surface area contributed by atoms with Crippen LogP contribution >= 0.6 is 11.8 Å². The SMILES string of the molecule is CCOc1ccccc1/C=C(\NC(=O)c1ccccc1)C(=O)Nc1ccc(SC(C(=O)Nc2cc(C(=O)O)ccc2C)c2ccccc2)cc1. The molecular formula is C40H35N3O6S. The lowest BCUT2D eigenvalue weighted by atomic mass is 10.1. The van der Waals surface area contributed by atoms with Crippen LogP contribution < -0.4 is 20.7 Å². The first-order valence-corrected chi connectivity index (χ1v) is 16.7. The number of aromatic carboxylic acids is 1. The number of benzene rings is 5. The van der Waals surface area contributed by atoms with Crippen molar-refractivity contribution < 1.29 is 29.0 Å². The lowest BCUT2D eigenvalue weighted by Crippen LogP contribution is -2.30. The predicted molar refractivity (Wildman–Crippen MR) is 196 cm³/mol. The maximum absolute atomic E-state index is 13.7. The molecule has 0 aliphatic rings. The second-order valence-electron chi connectivity index (χ2n) is 11.1. The number of carboxylic acids is 1. The number of para-hydroxylation sites is 1. The fourth-order valence-corrected chi connectivity index (χ4v) is 5.95. The van der Waals surface area contributed by atoms with Gasteiger partial charge < -0.3 is 25.8 Å². The summed E-state index contributed by atoms with van der Waals surface area (Å²) in [6.07, 6.45) is 1.57. The van der Waals surface area contributed by atoms with Crippen LogP contribution in [0, 0.1) is 6.92 Å². The van der Waals surface area contributed by atoms with Gasteiger partial charge in [-0.05, 0) is 85.6 Å². The zero-order chi connectivity index (χ0) is 35.5. The molecule has 5 aromatic rings. The lowest BCUT2D eigenvalue weighted by molar-refractivity contribution is -0.116. The Labute approximate surface area is 294 Å². The van der Waals surface area contributed by atoms with Crippen LogP contribution in [-0.4, -0.2) is 35.4 Å². The molecule has 4 N–H and O–H groups in total. The van der Waals surface area contributed by atoms with Gasteiger partial charge in [-0.25, -0.2) is 4.79 Å². The second-order valence-corrected chi connectivity index (χ2v) is 12.2. The summed E-state index contributed by atoms with van der Waals surface area (Å²) in [5, 5.41) is 17.3. The van der Waals surface area contributed by atoms with Crippen molar-refractivity contribution in [1.29, 1.82) is 0 Å². The number of anilines is 2. The van der Waals surface area contributed by atoms with E-state index in [1.54, 1.807) is 85.8 Å². The molecule has 0 bridgehead atoms. The monoisotopic (exact) mass is 685 g/mol. The third-order valence-corrected chi connectivity index (χ3v) is 8.76. The summed E-state index contributed by atoms with van der Waals surface area (Å²) >= 11 is 1.31. The maximum atomic E-state index is 13.7. The van der Waals surface area contributed by atoms with Gasteiger partial charge in [0.15, 0.2) is 0 Å². The number of carbonyl (C=O) groups excluding carboxylic acids is 3. The highest BCUT2D eigenvalue weighted by Crippen LogP contribution is 2.37. The molecule has 1 atom stereocenters. The minimum Gasteiger partial charge on any atom is -0.493 e. The molecule has 0 aromatic heterocycles. The molecule has 3 amide bonds. The Morgan fingerprint density at radius 3 is 2.12 bits per heavy atom. The van der Waals surface area contributed by atoms with Gasteiger partial charge in [0.2, 0.25) is 5.91 Å². The van der Waals surface area contributed by atoms with E-state index >= 15 is 0 Å². The van der Waals surface area contributed by atoms with Crippen LogP contribution in [0.15, 0.2) is 138 Å². The van der Waals surface area contributed by atoms with Crippen LogP contribution in [0.5, 0.6) is 5.75 Å². The number of amides is 3. The van der Waals surface area contributed by atoms with Crippen molar-refractivity contribution in [3.05, 3.63) is 161 Å². The Hall–Kier alpha value is -6.13. The molecule has 0 fully saturated rings. The molecule has 0 spiro atoms. The number of carbonyl (C=O) groups is 4. The van der Waals surface area contributed by atoms with Crippen molar-refractivity contribution in [1.82, 2.24) is 5.32 Å². The van der Waals surface area contributed by atoms with Crippen LogP contribution in [0.3, 0.4) is 0 Å². The van der Waals surface area contributed by atoms with Crippen molar-refractivity contribution in [3.8, 4) is 5.75 Å². The topological polar surface area (TPSA) is 134 Å². The van der Waals surface area contributed by atoms with Crippen LogP contribution in [0.2, 0.25) is 0 Å². The first-order valence-electron chi connectivity index (χ1n) is 15.8. The van der Waals surface area contributed by atoms with Gasteiger partial charge in [0, 0.05) is 27.4 Å². The minimum absolute atomic E-state index is 0.0209. The molecule has 0 saturated carbocycles. The zero-order valence-electron chi connectivity index (χ0n) is 27.4. The van der Waals surface area contributed by atoms with E-state index in [-0.39, 0.29) is 17.2 Å². The van der Waals surface area contributed by atoms with Crippen molar-refractivity contribution in [2.75, 3.05) is 17.2 Å². The number of carboxylic acid groups (broad SMARTS) is 1. The number of rotatable bonds is 13. The third-order valence-electron chi connectivity index (χ3n) is 7.50. The van der Waals surface area contributed by atoms with E-state index in [1.165, 1.54) is 23.9 Å². The molecule has 0 aliphatic heterocycles. The van der Waals surface area contributed by atoms with Crippen LogP contribution in [-0.2, 0) is 9.59 Å². The van der Waals surface area contributed by atoms with Gasteiger partial charge in [-0.3, -0.25) is 14.4 Å². The molecule has 10 heteroatoms. The second kappa shape index (κ2) is 16.8. The van der Waals surface area contributed by atoms with Crippen LogP contribution in [0.1, 0.15) is 49.6 Å². The van der Waals surface area contributed by atoms with Crippen LogP contribution in [0.25, 0.3) is 6.08 Å². The molecule has 1 unspecified atom stereocenters. The van der Waals surface area contributed by atoms with Gasteiger partial charge in [0.25, 0.3) is 11.8 Å². The van der Waals surface area contributed by atoms with Crippen molar-refractivity contribution >= 4 is 52.9 Å². The predicted octanol–water partition coefficient (Wildman–Crippen LogP) is 7.97. The summed E-state index contributed by atoms with van der Waals surface area (Å²) in [5.74, 6) is -1.82. The average Bonchev–Trinajstić information content (AvgIpc) is 3.13. The van der Waals surface area contributed by atoms with Gasteiger partial charge in [0.1, 0.15) is 16.7 Å². The van der Waals surface area contributed by atoms with Crippen molar-refractivity contribution in [2.45, 2.75) is 24.0 Å². The maximum Gasteiger partial charge on any atom is 0.335 e. The van der Waals surface area contributed by atoms with E-state index < -0.39 is 23.0 Å². The van der Waals surface area contributed by atoms with E-state index in [1.807, 2.05) is 49.4 Å². The van der Waals surface area contributed by atoms with E-state index in [0.29, 0.717) is 34.9 Å². The van der Waals surface area contributed by atoms with E-state index in [2.05, 4.69) is 16.0 Å². The van der Waals surface area contributed by atoms with E-state index in [4.69, 9.17) is 4.74 Å². The molecular weight excluding hydrogens is 651 g/mol.